The molecule has 1 aromatic rings. The zero-order valence-corrected chi connectivity index (χ0v) is 9.85. The second-order valence-electron chi connectivity index (χ2n) is 3.32. The van der Waals surface area contributed by atoms with Crippen LogP contribution in [0.1, 0.15) is 11.3 Å². The molecule has 1 aromatic heterocycles. The van der Waals surface area contributed by atoms with Crippen LogP contribution in [0.3, 0.4) is 0 Å². The Morgan fingerprint density at radius 1 is 1.47 bits per heavy atom. The molecule has 84 valence electrons. The highest BCUT2D eigenvalue weighted by molar-refractivity contribution is 7.16. The Balaban J connectivity index is 2.12. The highest BCUT2D eigenvalue weighted by Gasteiger charge is 2.16. The van der Waals surface area contributed by atoms with E-state index in [9.17, 15) is 0 Å². The Kier molecular flexibility index (Phi) is 3.80. The summed E-state index contributed by atoms with van der Waals surface area (Å²) in [5.74, 6) is 0. The molecule has 0 aliphatic carbocycles. The maximum atomic E-state index is 9.03. The Morgan fingerprint density at radius 3 is 3.07 bits per heavy atom. The largest absolute Gasteiger partial charge is 0.391 e. The monoisotopic (exact) mass is 248 g/mol. The molecule has 0 radical (unpaired) electrons. The summed E-state index contributed by atoms with van der Waals surface area (Å²) < 4.78 is 5.36. The minimum Gasteiger partial charge on any atom is -0.391 e. The van der Waals surface area contributed by atoms with Crippen molar-refractivity contribution in [3.63, 3.8) is 0 Å². The number of anilines is 1. The number of hydrogen-bond acceptors (Lipinski definition) is 5. The third-order valence-electron chi connectivity index (χ3n) is 2.27. The van der Waals surface area contributed by atoms with Crippen LogP contribution < -0.4 is 4.90 Å². The summed E-state index contributed by atoms with van der Waals surface area (Å²) >= 11 is 7.34. The van der Waals surface area contributed by atoms with E-state index in [-0.39, 0.29) is 6.61 Å². The summed E-state index contributed by atoms with van der Waals surface area (Å²) in [6, 6.07) is 0. The van der Waals surface area contributed by atoms with Crippen LogP contribution >= 0.6 is 22.9 Å². The fourth-order valence-electron chi connectivity index (χ4n) is 1.49. The molecule has 4 nitrogen and oxygen atoms in total. The van der Waals surface area contributed by atoms with Gasteiger partial charge < -0.3 is 14.7 Å². The molecule has 0 bridgehead atoms. The van der Waals surface area contributed by atoms with Gasteiger partial charge in [0.25, 0.3) is 0 Å². The van der Waals surface area contributed by atoms with Gasteiger partial charge in [0.05, 0.1) is 18.1 Å². The van der Waals surface area contributed by atoms with Crippen LogP contribution in [-0.4, -0.2) is 36.4 Å². The van der Waals surface area contributed by atoms with E-state index in [1.807, 2.05) is 0 Å². The molecule has 2 heterocycles. The molecule has 0 aromatic carbocycles. The van der Waals surface area contributed by atoms with Gasteiger partial charge in [0.1, 0.15) is 5.15 Å². The molecule has 1 aliphatic rings. The first-order valence-electron chi connectivity index (χ1n) is 4.90. The molecule has 0 saturated carbocycles. The van der Waals surface area contributed by atoms with Crippen LogP contribution in [0.15, 0.2) is 0 Å². The number of nitrogens with zero attached hydrogens (tertiary/aromatic N) is 2. The Hall–Kier alpha value is -0.360. The number of ether oxygens (including phenoxy) is 1. The molecular formula is C9H13ClN2O2S. The van der Waals surface area contributed by atoms with Gasteiger partial charge in [-0.15, -0.1) is 0 Å². The third kappa shape index (κ3) is 2.60. The Labute approximate surface area is 97.4 Å². The van der Waals surface area contributed by atoms with Gasteiger partial charge in [0.15, 0.2) is 5.13 Å². The van der Waals surface area contributed by atoms with Gasteiger partial charge in [0.2, 0.25) is 0 Å². The van der Waals surface area contributed by atoms with Gasteiger partial charge in [-0.25, -0.2) is 4.98 Å². The minimum absolute atomic E-state index is 0.0408. The predicted octanol–water partition coefficient (Wildman–Crippen LogP) is 1.52. The molecular weight excluding hydrogens is 236 g/mol. The van der Waals surface area contributed by atoms with Crippen molar-refractivity contribution in [1.29, 1.82) is 0 Å². The number of aromatic nitrogens is 1. The van der Waals surface area contributed by atoms with E-state index < -0.39 is 0 Å². The van der Waals surface area contributed by atoms with Crippen molar-refractivity contribution >= 4 is 28.1 Å². The van der Waals surface area contributed by atoms with E-state index in [0.29, 0.717) is 5.15 Å². The first-order valence-corrected chi connectivity index (χ1v) is 6.09. The fourth-order valence-corrected chi connectivity index (χ4v) is 2.66. The van der Waals surface area contributed by atoms with Crippen LogP contribution in [0, 0.1) is 0 Å². The SMILES string of the molecule is OCc1sc(N2CCCOCC2)nc1Cl. The fraction of sp³-hybridized carbons (Fsp3) is 0.667. The number of aliphatic hydroxyl groups excluding tert-OH is 1. The third-order valence-corrected chi connectivity index (χ3v) is 3.80. The summed E-state index contributed by atoms with van der Waals surface area (Å²) in [6.07, 6.45) is 1.01. The van der Waals surface area contributed by atoms with Crippen LogP contribution in [0.5, 0.6) is 0 Å². The normalized spacial score (nSPS) is 17.9. The van der Waals surface area contributed by atoms with Crippen LogP contribution in [0.25, 0.3) is 0 Å². The van der Waals surface area contributed by atoms with Crippen molar-refractivity contribution in [3.8, 4) is 0 Å². The summed E-state index contributed by atoms with van der Waals surface area (Å²) in [5.41, 5.74) is 0. The molecule has 0 spiro atoms. The molecule has 1 saturated heterocycles. The lowest BCUT2D eigenvalue weighted by atomic mass is 10.4. The molecule has 0 atom stereocenters. The second-order valence-corrected chi connectivity index (χ2v) is 4.74. The molecule has 0 amide bonds. The van der Waals surface area contributed by atoms with Crippen molar-refractivity contribution in [3.05, 3.63) is 10.0 Å². The number of hydrogen-bond donors (Lipinski definition) is 1. The van der Waals surface area contributed by atoms with Gasteiger partial charge >= 0.3 is 0 Å². The van der Waals surface area contributed by atoms with Crippen molar-refractivity contribution in [2.45, 2.75) is 13.0 Å². The maximum absolute atomic E-state index is 9.03. The van der Waals surface area contributed by atoms with Gasteiger partial charge in [0, 0.05) is 19.7 Å². The van der Waals surface area contributed by atoms with E-state index in [0.717, 1.165) is 42.7 Å². The van der Waals surface area contributed by atoms with Crippen LogP contribution in [0.2, 0.25) is 5.15 Å². The Morgan fingerprint density at radius 2 is 2.33 bits per heavy atom. The molecule has 15 heavy (non-hydrogen) atoms. The molecule has 1 N–H and O–H groups in total. The molecule has 2 rings (SSSR count). The topological polar surface area (TPSA) is 45.6 Å². The average Bonchev–Trinajstić information content (AvgIpc) is 2.48. The van der Waals surface area contributed by atoms with Crippen molar-refractivity contribution in [2.75, 3.05) is 31.2 Å². The van der Waals surface area contributed by atoms with Crippen molar-refractivity contribution in [2.24, 2.45) is 0 Å². The number of aliphatic hydroxyl groups is 1. The lowest BCUT2D eigenvalue weighted by molar-refractivity contribution is 0.152. The van der Waals surface area contributed by atoms with Gasteiger partial charge in [-0.1, -0.05) is 22.9 Å². The molecule has 1 aliphatic heterocycles. The maximum Gasteiger partial charge on any atom is 0.187 e. The lowest BCUT2D eigenvalue weighted by Gasteiger charge is -2.17. The van der Waals surface area contributed by atoms with Gasteiger partial charge in [-0.05, 0) is 6.42 Å². The number of rotatable bonds is 2. The van der Waals surface area contributed by atoms with Crippen LogP contribution in [-0.2, 0) is 11.3 Å². The quantitative estimate of drug-likeness (QED) is 0.862. The van der Waals surface area contributed by atoms with Crippen molar-refractivity contribution < 1.29 is 9.84 Å². The van der Waals surface area contributed by atoms with Gasteiger partial charge in [-0.2, -0.15) is 0 Å². The second kappa shape index (κ2) is 5.12. The van der Waals surface area contributed by atoms with Gasteiger partial charge in [-0.3, -0.25) is 0 Å². The summed E-state index contributed by atoms with van der Waals surface area (Å²) in [7, 11) is 0. The highest BCUT2D eigenvalue weighted by Crippen LogP contribution is 2.29. The zero-order chi connectivity index (χ0) is 10.7. The number of thiazole rings is 1. The highest BCUT2D eigenvalue weighted by atomic mass is 35.5. The molecule has 0 unspecified atom stereocenters. The molecule has 6 heteroatoms. The first-order chi connectivity index (χ1) is 7.31. The smallest absolute Gasteiger partial charge is 0.187 e. The van der Waals surface area contributed by atoms with Crippen LogP contribution in [0.4, 0.5) is 5.13 Å². The zero-order valence-electron chi connectivity index (χ0n) is 8.28. The first kappa shape index (κ1) is 11.1. The van der Waals surface area contributed by atoms with E-state index in [1.54, 1.807) is 0 Å². The average molecular weight is 249 g/mol. The molecule has 1 fully saturated rings. The minimum atomic E-state index is -0.0408. The summed E-state index contributed by atoms with van der Waals surface area (Å²) in [4.78, 5) is 7.13. The summed E-state index contributed by atoms with van der Waals surface area (Å²) in [6.45, 7) is 3.28. The summed E-state index contributed by atoms with van der Waals surface area (Å²) in [5, 5.41) is 10.3. The predicted molar refractivity (Wildman–Crippen MR) is 60.7 cm³/mol. The van der Waals surface area contributed by atoms with E-state index >= 15 is 0 Å². The van der Waals surface area contributed by atoms with E-state index in [2.05, 4.69) is 9.88 Å². The lowest BCUT2D eigenvalue weighted by Crippen LogP contribution is -2.25. The van der Waals surface area contributed by atoms with E-state index in [4.69, 9.17) is 21.4 Å². The Bertz CT molecular complexity index is 324. The number of halogens is 1. The van der Waals surface area contributed by atoms with Crippen molar-refractivity contribution in [1.82, 2.24) is 4.98 Å². The van der Waals surface area contributed by atoms with E-state index in [1.165, 1.54) is 11.3 Å². The standard InChI is InChI=1S/C9H13ClN2O2S/c10-8-7(6-13)15-9(11-8)12-2-1-4-14-5-3-12/h13H,1-6H2.